The molecule has 0 aliphatic rings. The van der Waals surface area contributed by atoms with Gasteiger partial charge in [0.1, 0.15) is 13.5 Å². The highest BCUT2D eigenvalue weighted by Crippen LogP contribution is 2.18. The normalized spacial score (nSPS) is 10.3. The molecule has 0 aromatic heterocycles. The van der Waals surface area contributed by atoms with Crippen LogP contribution in [0.5, 0.6) is 0 Å². The SMILES string of the molecule is Cc1cc(NCO)ccc1NCO.O=S(=O)(O)O. The molecule has 0 amide bonds. The van der Waals surface area contributed by atoms with E-state index in [1.807, 2.05) is 25.1 Å². The van der Waals surface area contributed by atoms with Crippen LogP contribution in [0, 0.1) is 6.92 Å². The molecule has 9 heteroatoms. The van der Waals surface area contributed by atoms with Crippen LogP contribution in [0.4, 0.5) is 11.4 Å². The Morgan fingerprint density at radius 2 is 1.61 bits per heavy atom. The molecule has 0 radical (unpaired) electrons. The van der Waals surface area contributed by atoms with E-state index in [0.29, 0.717) is 0 Å². The van der Waals surface area contributed by atoms with Crippen molar-refractivity contribution in [3.05, 3.63) is 23.8 Å². The van der Waals surface area contributed by atoms with Crippen molar-refractivity contribution in [2.45, 2.75) is 6.92 Å². The zero-order valence-corrected chi connectivity index (χ0v) is 10.5. The number of aliphatic hydroxyl groups excluding tert-OH is 2. The Bertz CT molecular complexity index is 454. The fourth-order valence-electron chi connectivity index (χ4n) is 1.15. The Labute approximate surface area is 105 Å². The molecule has 0 saturated carbocycles. The van der Waals surface area contributed by atoms with Gasteiger partial charge in [-0.3, -0.25) is 9.11 Å². The van der Waals surface area contributed by atoms with Gasteiger partial charge in [-0.25, -0.2) is 0 Å². The molecule has 0 aliphatic heterocycles. The fraction of sp³-hybridized carbons (Fsp3) is 0.333. The molecule has 1 aromatic rings. The smallest absolute Gasteiger partial charge is 0.377 e. The molecule has 0 unspecified atom stereocenters. The molecule has 104 valence electrons. The van der Waals surface area contributed by atoms with E-state index in [1.54, 1.807) is 0 Å². The van der Waals surface area contributed by atoms with Gasteiger partial charge >= 0.3 is 10.4 Å². The first-order valence-electron chi connectivity index (χ1n) is 4.78. The molecular weight excluding hydrogens is 264 g/mol. The van der Waals surface area contributed by atoms with Crippen molar-refractivity contribution in [3.8, 4) is 0 Å². The minimum atomic E-state index is -4.67. The van der Waals surface area contributed by atoms with Crippen LogP contribution in [-0.4, -0.2) is 41.2 Å². The van der Waals surface area contributed by atoms with Gasteiger partial charge in [-0.05, 0) is 30.7 Å². The first-order valence-corrected chi connectivity index (χ1v) is 6.17. The van der Waals surface area contributed by atoms with E-state index in [9.17, 15) is 0 Å². The van der Waals surface area contributed by atoms with Crippen molar-refractivity contribution in [1.82, 2.24) is 0 Å². The quantitative estimate of drug-likeness (QED) is 0.336. The van der Waals surface area contributed by atoms with Crippen LogP contribution < -0.4 is 10.6 Å². The molecule has 6 N–H and O–H groups in total. The second-order valence-corrected chi connectivity index (χ2v) is 4.04. The number of benzene rings is 1. The Hall–Kier alpha value is -1.39. The Balaban J connectivity index is 0.000000494. The van der Waals surface area contributed by atoms with Crippen LogP contribution in [0.15, 0.2) is 18.2 Å². The molecule has 8 nitrogen and oxygen atoms in total. The molecular formula is C9H16N2O6S. The third-order valence-electron chi connectivity index (χ3n) is 1.78. The number of hydrogen-bond acceptors (Lipinski definition) is 6. The second kappa shape index (κ2) is 7.84. The van der Waals surface area contributed by atoms with Crippen LogP contribution in [-0.2, 0) is 10.4 Å². The van der Waals surface area contributed by atoms with Crippen molar-refractivity contribution in [2.24, 2.45) is 0 Å². The lowest BCUT2D eigenvalue weighted by Gasteiger charge is -2.09. The number of hydrogen-bond donors (Lipinski definition) is 6. The molecule has 0 spiro atoms. The Kier molecular flexibility index (Phi) is 7.24. The largest absolute Gasteiger partial charge is 0.394 e. The van der Waals surface area contributed by atoms with Gasteiger partial charge < -0.3 is 20.8 Å². The average Bonchev–Trinajstić information content (AvgIpc) is 2.20. The zero-order chi connectivity index (χ0) is 14.2. The van der Waals surface area contributed by atoms with E-state index in [2.05, 4.69) is 10.6 Å². The summed E-state index contributed by atoms with van der Waals surface area (Å²) in [4.78, 5) is 0. The topological polar surface area (TPSA) is 139 Å². The van der Waals surface area contributed by atoms with Gasteiger partial charge in [-0.15, -0.1) is 0 Å². The Morgan fingerprint density at radius 3 is 2.00 bits per heavy atom. The third-order valence-corrected chi connectivity index (χ3v) is 1.78. The number of aryl methyl sites for hydroxylation is 1. The molecule has 1 aromatic carbocycles. The lowest BCUT2D eigenvalue weighted by molar-refractivity contribution is 0.325. The van der Waals surface area contributed by atoms with E-state index in [1.165, 1.54) is 0 Å². The fourth-order valence-corrected chi connectivity index (χ4v) is 1.15. The average molecular weight is 280 g/mol. The predicted octanol–water partition coefficient (Wildman–Crippen LogP) is 0.0656. The lowest BCUT2D eigenvalue weighted by atomic mass is 10.2. The van der Waals surface area contributed by atoms with Crippen molar-refractivity contribution in [2.75, 3.05) is 24.1 Å². The van der Waals surface area contributed by atoms with Crippen molar-refractivity contribution in [3.63, 3.8) is 0 Å². The maximum atomic E-state index is 8.74. The molecule has 0 fully saturated rings. The summed E-state index contributed by atoms with van der Waals surface area (Å²) in [6.45, 7) is 1.78. The van der Waals surface area contributed by atoms with Gasteiger partial charge in [0, 0.05) is 11.4 Å². The highest BCUT2D eigenvalue weighted by molar-refractivity contribution is 7.79. The number of anilines is 2. The van der Waals surface area contributed by atoms with E-state index in [-0.39, 0.29) is 13.5 Å². The van der Waals surface area contributed by atoms with Crippen molar-refractivity contribution >= 4 is 21.8 Å². The highest BCUT2D eigenvalue weighted by Gasteiger charge is 1.97. The van der Waals surface area contributed by atoms with Gasteiger partial charge in [0.25, 0.3) is 0 Å². The zero-order valence-electron chi connectivity index (χ0n) is 9.66. The van der Waals surface area contributed by atoms with Crippen LogP contribution in [0.3, 0.4) is 0 Å². The van der Waals surface area contributed by atoms with Gasteiger partial charge in [0.05, 0.1) is 0 Å². The van der Waals surface area contributed by atoms with Gasteiger partial charge in [-0.2, -0.15) is 8.42 Å². The number of rotatable bonds is 4. The third kappa shape index (κ3) is 8.73. The van der Waals surface area contributed by atoms with Gasteiger partial charge in [0.15, 0.2) is 0 Å². The van der Waals surface area contributed by atoms with Gasteiger partial charge in [-0.1, -0.05) is 0 Å². The van der Waals surface area contributed by atoms with Gasteiger partial charge in [0.2, 0.25) is 0 Å². The van der Waals surface area contributed by atoms with E-state index in [0.717, 1.165) is 16.9 Å². The second-order valence-electron chi connectivity index (χ2n) is 3.15. The van der Waals surface area contributed by atoms with Crippen molar-refractivity contribution in [1.29, 1.82) is 0 Å². The Morgan fingerprint density at radius 1 is 1.11 bits per heavy atom. The molecule has 0 bridgehead atoms. The summed E-state index contributed by atoms with van der Waals surface area (Å²) in [5, 5.41) is 22.9. The van der Waals surface area contributed by atoms with E-state index >= 15 is 0 Å². The molecule has 18 heavy (non-hydrogen) atoms. The van der Waals surface area contributed by atoms with E-state index in [4.69, 9.17) is 27.7 Å². The van der Waals surface area contributed by atoms with Crippen LogP contribution in [0.25, 0.3) is 0 Å². The summed E-state index contributed by atoms with van der Waals surface area (Å²) >= 11 is 0. The van der Waals surface area contributed by atoms with E-state index < -0.39 is 10.4 Å². The minimum absolute atomic E-state index is 0.0758. The number of nitrogens with one attached hydrogen (secondary N) is 2. The van der Waals surface area contributed by atoms with Crippen LogP contribution in [0.2, 0.25) is 0 Å². The summed E-state index contributed by atoms with van der Waals surface area (Å²) in [6, 6.07) is 5.58. The first kappa shape index (κ1) is 16.6. The minimum Gasteiger partial charge on any atom is -0.377 e. The van der Waals surface area contributed by atoms with Crippen LogP contribution in [0.1, 0.15) is 5.56 Å². The molecule has 0 saturated heterocycles. The van der Waals surface area contributed by atoms with Crippen molar-refractivity contribution < 1.29 is 27.7 Å². The first-order chi connectivity index (χ1) is 8.27. The molecule has 1 rings (SSSR count). The highest BCUT2D eigenvalue weighted by atomic mass is 32.3. The summed E-state index contributed by atoms with van der Waals surface area (Å²) in [5.41, 5.74) is 2.78. The molecule has 0 heterocycles. The molecule has 0 aliphatic carbocycles. The lowest BCUT2D eigenvalue weighted by Crippen LogP contribution is -2.03. The monoisotopic (exact) mass is 280 g/mol. The number of aliphatic hydroxyl groups is 2. The summed E-state index contributed by atoms with van der Waals surface area (Å²) < 4.78 is 31.6. The maximum Gasteiger partial charge on any atom is 0.394 e. The standard InChI is InChI=1S/C9H14N2O2.H2O4S/c1-7-4-8(10-5-12)2-3-9(7)11-6-13;1-5(2,3)4/h2-4,10-13H,5-6H2,1H3;(H2,1,2,3,4). The summed E-state index contributed by atoms with van der Waals surface area (Å²) in [5.74, 6) is 0. The summed E-state index contributed by atoms with van der Waals surface area (Å²) in [7, 11) is -4.67. The maximum absolute atomic E-state index is 8.74. The van der Waals surface area contributed by atoms with Crippen LogP contribution >= 0.6 is 0 Å². The summed E-state index contributed by atoms with van der Waals surface area (Å²) in [6.07, 6.45) is 0. The molecule has 0 atom stereocenters. The predicted molar refractivity (Wildman–Crippen MR) is 66.8 cm³/mol.